The Kier molecular flexibility index (Phi) is 8.62. The van der Waals surface area contributed by atoms with Gasteiger partial charge in [-0.1, -0.05) is 47.6 Å². The van der Waals surface area contributed by atoms with E-state index in [0.29, 0.717) is 30.8 Å². The first-order valence-electron chi connectivity index (χ1n) is 11.7. The standard InChI is InChI=1S/C27H35N3O6/c1-26(2,3)19-13-20(27(4,5)6)23(36-16-31)14-21(19)28-25(33)18(15-29(7)8)24(32)17-11-9-10-12-22(17)30(34)35/h11-16H,9-10H2,1-8H3,(H,28,33)/b18-15-. The average molecular weight is 498 g/mol. The van der Waals surface area contributed by atoms with E-state index in [1.807, 2.05) is 47.6 Å². The van der Waals surface area contributed by atoms with Crippen LogP contribution in [-0.4, -0.2) is 42.1 Å². The monoisotopic (exact) mass is 497 g/mol. The Morgan fingerprint density at radius 3 is 2.11 bits per heavy atom. The van der Waals surface area contributed by atoms with Gasteiger partial charge in [0.1, 0.15) is 11.3 Å². The van der Waals surface area contributed by atoms with Crippen molar-refractivity contribution in [1.82, 2.24) is 4.90 Å². The Morgan fingerprint density at radius 1 is 1.03 bits per heavy atom. The van der Waals surface area contributed by atoms with E-state index in [0.717, 1.165) is 11.1 Å². The molecule has 1 aliphatic rings. The molecule has 1 aliphatic carbocycles. The zero-order valence-corrected chi connectivity index (χ0v) is 22.2. The van der Waals surface area contributed by atoms with Crippen molar-refractivity contribution < 1.29 is 24.0 Å². The van der Waals surface area contributed by atoms with Gasteiger partial charge in [0.2, 0.25) is 5.78 Å². The van der Waals surface area contributed by atoms with E-state index in [1.165, 1.54) is 23.3 Å². The minimum absolute atomic E-state index is 0.112. The van der Waals surface area contributed by atoms with Crippen LogP contribution in [0.4, 0.5) is 5.69 Å². The van der Waals surface area contributed by atoms with Crippen molar-refractivity contribution in [3.8, 4) is 5.75 Å². The van der Waals surface area contributed by atoms with Gasteiger partial charge in [-0.2, -0.15) is 0 Å². The highest BCUT2D eigenvalue weighted by Crippen LogP contribution is 2.40. The summed E-state index contributed by atoms with van der Waals surface area (Å²) in [5.41, 5.74) is 0.491. The summed E-state index contributed by atoms with van der Waals surface area (Å²) in [4.78, 5) is 50.5. The molecule has 1 N–H and O–H groups in total. The predicted octanol–water partition coefficient (Wildman–Crippen LogP) is 4.65. The number of amides is 1. The van der Waals surface area contributed by atoms with Gasteiger partial charge in [0, 0.05) is 37.6 Å². The lowest BCUT2D eigenvalue weighted by molar-refractivity contribution is -0.420. The number of nitrogens with one attached hydrogen (secondary N) is 1. The Labute approximate surface area is 212 Å². The van der Waals surface area contributed by atoms with Gasteiger partial charge in [0.05, 0.1) is 10.5 Å². The number of allylic oxidation sites excluding steroid dienone is 3. The molecule has 0 atom stereocenters. The van der Waals surface area contributed by atoms with Crippen LogP contribution in [0.1, 0.15) is 65.5 Å². The van der Waals surface area contributed by atoms with Gasteiger partial charge >= 0.3 is 0 Å². The number of rotatable bonds is 8. The molecule has 0 aliphatic heterocycles. The maximum Gasteiger partial charge on any atom is 0.298 e. The lowest BCUT2D eigenvalue weighted by Gasteiger charge is -2.29. The fourth-order valence-corrected chi connectivity index (χ4v) is 3.90. The summed E-state index contributed by atoms with van der Waals surface area (Å²) in [5, 5.41) is 14.3. The molecule has 0 bridgehead atoms. The summed E-state index contributed by atoms with van der Waals surface area (Å²) in [6.45, 7) is 12.2. The van der Waals surface area contributed by atoms with Gasteiger partial charge in [-0.25, -0.2) is 0 Å². The van der Waals surface area contributed by atoms with E-state index in [9.17, 15) is 24.5 Å². The van der Waals surface area contributed by atoms with Crippen molar-refractivity contribution in [3.63, 3.8) is 0 Å². The number of nitrogens with zero attached hydrogens (tertiary/aromatic N) is 2. The van der Waals surface area contributed by atoms with E-state index >= 15 is 0 Å². The van der Waals surface area contributed by atoms with Crippen LogP contribution in [0.2, 0.25) is 0 Å². The second kappa shape index (κ2) is 10.9. The second-order valence-electron chi connectivity index (χ2n) is 10.9. The van der Waals surface area contributed by atoms with Crippen LogP contribution in [0.15, 0.2) is 47.3 Å². The summed E-state index contributed by atoms with van der Waals surface area (Å²) < 4.78 is 5.25. The third-order valence-corrected chi connectivity index (χ3v) is 5.61. The summed E-state index contributed by atoms with van der Waals surface area (Å²) in [6.07, 6.45) is 5.13. The largest absolute Gasteiger partial charge is 0.428 e. The molecule has 194 valence electrons. The van der Waals surface area contributed by atoms with Crippen LogP contribution in [0.25, 0.3) is 0 Å². The summed E-state index contributed by atoms with van der Waals surface area (Å²) in [5.74, 6) is -1.18. The Balaban J connectivity index is 2.62. The van der Waals surface area contributed by atoms with Gasteiger partial charge in [-0.05, 0) is 41.4 Å². The van der Waals surface area contributed by atoms with Crippen molar-refractivity contribution in [3.05, 3.63) is 68.6 Å². The molecule has 0 radical (unpaired) electrons. The van der Waals surface area contributed by atoms with Gasteiger partial charge in [0.25, 0.3) is 18.1 Å². The van der Waals surface area contributed by atoms with Crippen molar-refractivity contribution in [2.75, 3.05) is 19.4 Å². The molecule has 1 aromatic carbocycles. The third-order valence-electron chi connectivity index (χ3n) is 5.61. The molecular weight excluding hydrogens is 462 g/mol. The molecular formula is C27H35N3O6. The first-order valence-corrected chi connectivity index (χ1v) is 11.7. The van der Waals surface area contributed by atoms with Gasteiger partial charge in [-0.3, -0.25) is 24.5 Å². The average Bonchev–Trinajstić information content (AvgIpc) is 2.75. The highest BCUT2D eigenvalue weighted by atomic mass is 16.6. The first kappa shape index (κ1) is 28.5. The van der Waals surface area contributed by atoms with Crippen LogP contribution >= 0.6 is 0 Å². The Hall–Kier alpha value is -3.75. The van der Waals surface area contributed by atoms with Crippen molar-refractivity contribution in [2.45, 2.75) is 65.2 Å². The van der Waals surface area contributed by atoms with Crippen LogP contribution in [0, 0.1) is 10.1 Å². The maximum absolute atomic E-state index is 13.5. The van der Waals surface area contributed by atoms with E-state index in [1.54, 1.807) is 20.2 Å². The molecule has 2 rings (SSSR count). The Morgan fingerprint density at radius 2 is 1.61 bits per heavy atom. The Bertz CT molecular complexity index is 1160. The van der Waals surface area contributed by atoms with Crippen molar-refractivity contribution >= 4 is 23.9 Å². The quantitative estimate of drug-likeness (QED) is 0.139. The number of carbonyl (C=O) groups excluding carboxylic acids is 3. The lowest BCUT2D eigenvalue weighted by atomic mass is 9.79. The molecule has 0 heterocycles. The topological polar surface area (TPSA) is 119 Å². The molecule has 9 nitrogen and oxygen atoms in total. The fraction of sp³-hybridized carbons (Fsp3) is 0.444. The van der Waals surface area contributed by atoms with E-state index < -0.39 is 22.0 Å². The molecule has 1 amide bonds. The number of hydrogen-bond acceptors (Lipinski definition) is 7. The molecule has 0 unspecified atom stereocenters. The van der Waals surface area contributed by atoms with Crippen LogP contribution < -0.4 is 10.1 Å². The molecule has 0 saturated heterocycles. The fourth-order valence-electron chi connectivity index (χ4n) is 3.90. The number of Topliss-reactive ketones (excluding diaryl/α,β-unsaturated/α-hetero) is 1. The number of anilines is 1. The van der Waals surface area contributed by atoms with E-state index in [-0.39, 0.29) is 22.3 Å². The van der Waals surface area contributed by atoms with Crippen molar-refractivity contribution in [1.29, 1.82) is 0 Å². The molecule has 0 fully saturated rings. The number of nitro groups is 1. The van der Waals surface area contributed by atoms with Gasteiger partial charge in [0.15, 0.2) is 0 Å². The van der Waals surface area contributed by atoms with Crippen LogP contribution in [0.5, 0.6) is 5.75 Å². The maximum atomic E-state index is 13.5. The number of hydrogen-bond donors (Lipinski definition) is 1. The number of carbonyl (C=O) groups is 3. The van der Waals surface area contributed by atoms with Crippen LogP contribution in [-0.2, 0) is 25.2 Å². The van der Waals surface area contributed by atoms with E-state index in [2.05, 4.69) is 5.32 Å². The zero-order chi connectivity index (χ0) is 27.4. The van der Waals surface area contributed by atoms with Crippen molar-refractivity contribution in [2.24, 2.45) is 0 Å². The molecule has 0 spiro atoms. The minimum atomic E-state index is -0.739. The van der Waals surface area contributed by atoms with Crippen LogP contribution in [0.3, 0.4) is 0 Å². The highest BCUT2D eigenvalue weighted by molar-refractivity contribution is 6.29. The summed E-state index contributed by atoms with van der Waals surface area (Å²) >= 11 is 0. The molecule has 1 aromatic rings. The second-order valence-corrected chi connectivity index (χ2v) is 10.9. The number of ketones is 1. The minimum Gasteiger partial charge on any atom is -0.428 e. The highest BCUT2D eigenvalue weighted by Gasteiger charge is 2.33. The predicted molar refractivity (Wildman–Crippen MR) is 138 cm³/mol. The molecule has 0 aromatic heterocycles. The number of benzene rings is 1. The van der Waals surface area contributed by atoms with Gasteiger partial charge in [-0.15, -0.1) is 0 Å². The summed E-state index contributed by atoms with van der Waals surface area (Å²) in [6, 6.07) is 3.47. The summed E-state index contributed by atoms with van der Waals surface area (Å²) in [7, 11) is 3.30. The molecule has 0 saturated carbocycles. The normalized spacial score (nSPS) is 14.4. The van der Waals surface area contributed by atoms with Gasteiger partial charge < -0.3 is 15.0 Å². The molecule has 9 heteroatoms. The lowest BCUT2D eigenvalue weighted by Crippen LogP contribution is -2.27. The number of ether oxygens (including phenoxy) is 1. The van der Waals surface area contributed by atoms with E-state index in [4.69, 9.17) is 4.74 Å². The molecule has 36 heavy (non-hydrogen) atoms. The smallest absolute Gasteiger partial charge is 0.298 e. The SMILES string of the molecule is CN(C)/C=C(\C(=O)Nc1cc(OC=O)c(C(C)(C)C)cc1C(C)(C)C)C(=O)C1=CCCC=C1[N+](=O)[O-]. The first-order chi connectivity index (χ1) is 16.6. The third kappa shape index (κ3) is 6.68. The zero-order valence-electron chi connectivity index (χ0n) is 22.2.